The number of hydrogen-bond acceptors (Lipinski definition) is 3. The third-order valence-corrected chi connectivity index (χ3v) is 3.86. The topological polar surface area (TPSA) is 43.8 Å². The lowest BCUT2D eigenvalue weighted by Gasteiger charge is -2.37. The molecule has 0 bridgehead atoms. The van der Waals surface area contributed by atoms with E-state index in [9.17, 15) is 4.79 Å². The molecule has 106 valence electrons. The van der Waals surface area contributed by atoms with Crippen molar-refractivity contribution in [2.24, 2.45) is 0 Å². The Morgan fingerprint density at radius 2 is 1.83 bits per heavy atom. The van der Waals surface area contributed by atoms with Crippen molar-refractivity contribution in [3.8, 4) is 0 Å². The maximum absolute atomic E-state index is 10.6. The van der Waals surface area contributed by atoms with Gasteiger partial charge in [0.1, 0.15) is 0 Å². The van der Waals surface area contributed by atoms with E-state index in [0.29, 0.717) is 6.04 Å². The molecule has 0 aromatic carbocycles. The van der Waals surface area contributed by atoms with Crippen molar-refractivity contribution in [3.63, 3.8) is 0 Å². The van der Waals surface area contributed by atoms with E-state index < -0.39 is 5.97 Å². The van der Waals surface area contributed by atoms with Crippen molar-refractivity contribution < 1.29 is 9.90 Å². The summed E-state index contributed by atoms with van der Waals surface area (Å²) in [6.07, 6.45) is 6.59. The molecule has 1 aliphatic heterocycles. The van der Waals surface area contributed by atoms with E-state index in [4.69, 9.17) is 5.11 Å². The lowest BCUT2D eigenvalue weighted by atomic mass is 10.1. The van der Waals surface area contributed by atoms with Gasteiger partial charge in [0.05, 0.1) is 6.54 Å². The van der Waals surface area contributed by atoms with Gasteiger partial charge in [-0.1, -0.05) is 32.6 Å². The zero-order valence-electron chi connectivity index (χ0n) is 11.9. The van der Waals surface area contributed by atoms with Crippen LogP contribution in [0.3, 0.4) is 0 Å². The maximum atomic E-state index is 10.6. The molecular formula is C14H28N2O2. The molecule has 0 saturated carbocycles. The van der Waals surface area contributed by atoms with Crippen molar-refractivity contribution in [1.82, 2.24) is 9.80 Å². The number of piperazine rings is 1. The molecule has 1 fully saturated rings. The average Bonchev–Trinajstić information content (AvgIpc) is 2.34. The first-order chi connectivity index (χ1) is 8.63. The fraction of sp³-hybridized carbons (Fsp3) is 0.929. The van der Waals surface area contributed by atoms with Gasteiger partial charge >= 0.3 is 5.97 Å². The first kappa shape index (κ1) is 15.4. The summed E-state index contributed by atoms with van der Waals surface area (Å²) in [5.74, 6) is -0.712. The highest BCUT2D eigenvalue weighted by Crippen LogP contribution is 2.13. The second-order valence-corrected chi connectivity index (χ2v) is 5.40. The molecule has 4 heteroatoms. The Morgan fingerprint density at radius 1 is 1.17 bits per heavy atom. The minimum atomic E-state index is -0.712. The van der Waals surface area contributed by atoms with Crippen molar-refractivity contribution in [1.29, 1.82) is 0 Å². The summed E-state index contributed by atoms with van der Waals surface area (Å²) in [5, 5.41) is 8.75. The molecule has 1 heterocycles. The summed E-state index contributed by atoms with van der Waals surface area (Å²) in [5.41, 5.74) is 0. The standard InChI is InChI=1S/C14H28N2O2/c1-3-4-5-6-7-13(2)16-10-8-15(9-11-16)12-14(17)18/h13H,3-12H2,1-2H3,(H,17,18). The van der Waals surface area contributed by atoms with Crippen LogP contribution in [0.4, 0.5) is 0 Å². The summed E-state index contributed by atoms with van der Waals surface area (Å²) >= 11 is 0. The minimum absolute atomic E-state index is 0.193. The number of nitrogens with zero attached hydrogens (tertiary/aromatic N) is 2. The normalized spacial score (nSPS) is 19.9. The Hall–Kier alpha value is -0.610. The van der Waals surface area contributed by atoms with Crippen molar-refractivity contribution in [3.05, 3.63) is 0 Å². The second kappa shape index (κ2) is 8.48. The quantitative estimate of drug-likeness (QED) is 0.675. The summed E-state index contributed by atoms with van der Waals surface area (Å²) in [6.45, 7) is 8.56. The van der Waals surface area contributed by atoms with Gasteiger partial charge in [-0.3, -0.25) is 14.6 Å². The summed E-state index contributed by atoms with van der Waals surface area (Å²) in [4.78, 5) is 15.2. The molecule has 1 atom stereocenters. The van der Waals surface area contributed by atoms with Crippen molar-refractivity contribution in [2.75, 3.05) is 32.7 Å². The van der Waals surface area contributed by atoms with Crippen LogP contribution in [-0.2, 0) is 4.79 Å². The molecule has 0 aromatic heterocycles. The zero-order valence-corrected chi connectivity index (χ0v) is 11.9. The molecular weight excluding hydrogens is 228 g/mol. The van der Waals surface area contributed by atoms with E-state index in [1.807, 2.05) is 4.90 Å². The number of unbranched alkanes of at least 4 members (excludes halogenated alkanes) is 3. The molecule has 1 unspecified atom stereocenters. The van der Waals surface area contributed by atoms with Gasteiger partial charge in [0, 0.05) is 32.2 Å². The largest absolute Gasteiger partial charge is 0.480 e. The van der Waals surface area contributed by atoms with Crippen LogP contribution in [-0.4, -0.2) is 59.6 Å². The molecule has 0 spiro atoms. The van der Waals surface area contributed by atoms with Gasteiger partial charge in [-0.15, -0.1) is 0 Å². The van der Waals surface area contributed by atoms with E-state index >= 15 is 0 Å². The minimum Gasteiger partial charge on any atom is -0.480 e. The summed E-state index contributed by atoms with van der Waals surface area (Å²) in [6, 6.07) is 0.647. The van der Waals surface area contributed by atoms with Crippen LogP contribution in [0.15, 0.2) is 0 Å². The lowest BCUT2D eigenvalue weighted by molar-refractivity contribution is -0.138. The van der Waals surface area contributed by atoms with E-state index in [0.717, 1.165) is 26.2 Å². The number of hydrogen-bond donors (Lipinski definition) is 1. The van der Waals surface area contributed by atoms with E-state index in [1.54, 1.807) is 0 Å². The fourth-order valence-electron chi connectivity index (χ4n) is 2.60. The van der Waals surface area contributed by atoms with Crippen LogP contribution < -0.4 is 0 Å². The van der Waals surface area contributed by atoms with Gasteiger partial charge in [-0.25, -0.2) is 0 Å². The van der Waals surface area contributed by atoms with Crippen LogP contribution in [0.2, 0.25) is 0 Å². The molecule has 0 radical (unpaired) electrons. The van der Waals surface area contributed by atoms with Crippen LogP contribution in [0.25, 0.3) is 0 Å². The summed E-state index contributed by atoms with van der Waals surface area (Å²) in [7, 11) is 0. The van der Waals surface area contributed by atoms with Gasteiger partial charge in [-0.05, 0) is 13.3 Å². The lowest BCUT2D eigenvalue weighted by Crippen LogP contribution is -2.50. The SMILES string of the molecule is CCCCCCC(C)N1CCN(CC(=O)O)CC1. The smallest absolute Gasteiger partial charge is 0.317 e. The number of carboxylic acids is 1. The third-order valence-electron chi connectivity index (χ3n) is 3.86. The molecule has 1 saturated heterocycles. The van der Waals surface area contributed by atoms with Crippen LogP contribution in [0.5, 0.6) is 0 Å². The number of aliphatic carboxylic acids is 1. The Morgan fingerprint density at radius 3 is 2.39 bits per heavy atom. The first-order valence-electron chi connectivity index (χ1n) is 7.31. The molecule has 0 aliphatic carbocycles. The van der Waals surface area contributed by atoms with Crippen molar-refractivity contribution in [2.45, 2.75) is 52.0 Å². The Balaban J connectivity index is 2.15. The molecule has 0 aromatic rings. The fourth-order valence-corrected chi connectivity index (χ4v) is 2.60. The van der Waals surface area contributed by atoms with Gasteiger partial charge in [-0.2, -0.15) is 0 Å². The van der Waals surface area contributed by atoms with Gasteiger partial charge in [0.25, 0.3) is 0 Å². The Bertz CT molecular complexity index is 238. The Kier molecular flexibility index (Phi) is 7.28. The van der Waals surface area contributed by atoms with Gasteiger partial charge in [0.15, 0.2) is 0 Å². The predicted octanol–water partition coefficient (Wildman–Crippen LogP) is 2.05. The van der Waals surface area contributed by atoms with Gasteiger partial charge < -0.3 is 5.11 Å². The van der Waals surface area contributed by atoms with E-state index in [2.05, 4.69) is 18.7 Å². The molecule has 1 aliphatic rings. The van der Waals surface area contributed by atoms with Crippen molar-refractivity contribution >= 4 is 5.97 Å². The van der Waals surface area contributed by atoms with E-state index in [1.165, 1.54) is 32.1 Å². The molecule has 18 heavy (non-hydrogen) atoms. The molecule has 1 rings (SSSR count). The highest BCUT2D eigenvalue weighted by atomic mass is 16.4. The maximum Gasteiger partial charge on any atom is 0.317 e. The van der Waals surface area contributed by atoms with Crippen LogP contribution >= 0.6 is 0 Å². The summed E-state index contributed by atoms with van der Waals surface area (Å²) < 4.78 is 0. The third kappa shape index (κ3) is 5.83. The number of carboxylic acid groups (broad SMARTS) is 1. The van der Waals surface area contributed by atoms with E-state index in [-0.39, 0.29) is 6.54 Å². The highest BCUT2D eigenvalue weighted by Gasteiger charge is 2.21. The zero-order chi connectivity index (χ0) is 13.4. The predicted molar refractivity (Wildman–Crippen MR) is 73.9 cm³/mol. The number of carbonyl (C=O) groups is 1. The highest BCUT2D eigenvalue weighted by molar-refractivity contribution is 5.69. The molecule has 4 nitrogen and oxygen atoms in total. The second-order valence-electron chi connectivity index (χ2n) is 5.40. The average molecular weight is 256 g/mol. The van der Waals surface area contributed by atoms with Crippen LogP contribution in [0.1, 0.15) is 46.0 Å². The van der Waals surface area contributed by atoms with Crippen LogP contribution in [0, 0.1) is 0 Å². The molecule has 1 N–H and O–H groups in total. The monoisotopic (exact) mass is 256 g/mol. The van der Waals surface area contributed by atoms with Gasteiger partial charge in [0.2, 0.25) is 0 Å². The number of rotatable bonds is 8. The molecule has 0 amide bonds. The Labute approximate surface area is 111 Å². The first-order valence-corrected chi connectivity index (χ1v) is 7.31.